The monoisotopic (exact) mass is 323 g/mol. The van der Waals surface area contributed by atoms with Gasteiger partial charge in [0.15, 0.2) is 0 Å². The van der Waals surface area contributed by atoms with Gasteiger partial charge in [-0.3, -0.25) is 10.1 Å². The van der Waals surface area contributed by atoms with Crippen LogP contribution in [0.3, 0.4) is 0 Å². The molecule has 5 nitrogen and oxygen atoms in total. The van der Waals surface area contributed by atoms with Crippen LogP contribution >= 0.6 is 0 Å². The highest BCUT2D eigenvalue weighted by atomic mass is 19.1. The van der Waals surface area contributed by atoms with Crippen LogP contribution in [0.15, 0.2) is 30.5 Å². The van der Waals surface area contributed by atoms with Gasteiger partial charge in [0.1, 0.15) is 17.8 Å². The molecule has 0 amide bonds. The van der Waals surface area contributed by atoms with Crippen molar-refractivity contribution in [2.45, 2.75) is 12.6 Å². The number of benzene rings is 1. The first-order chi connectivity index (χ1) is 11.0. The van der Waals surface area contributed by atoms with Crippen LogP contribution in [0.2, 0.25) is 0 Å². The van der Waals surface area contributed by atoms with Gasteiger partial charge in [0.25, 0.3) is 0 Å². The fourth-order valence-corrected chi connectivity index (χ4v) is 2.69. The maximum absolute atomic E-state index is 14.0. The highest BCUT2D eigenvalue weighted by Gasteiger charge is 2.31. The lowest BCUT2D eigenvalue weighted by Gasteiger charge is -2.17. The van der Waals surface area contributed by atoms with E-state index in [1.54, 1.807) is 0 Å². The molecule has 1 aromatic carbocycles. The molecule has 23 heavy (non-hydrogen) atoms. The number of aromatic nitrogens is 1. The van der Waals surface area contributed by atoms with E-state index in [-0.39, 0.29) is 36.5 Å². The van der Waals surface area contributed by atoms with Crippen molar-refractivity contribution in [3.8, 4) is 11.1 Å². The van der Waals surface area contributed by atoms with Gasteiger partial charge in [-0.2, -0.15) is 0 Å². The minimum absolute atomic E-state index is 0.0110. The van der Waals surface area contributed by atoms with E-state index in [0.717, 1.165) is 18.2 Å². The number of hydrogen-bond acceptors (Lipinski definition) is 4. The second-order valence-corrected chi connectivity index (χ2v) is 5.24. The van der Waals surface area contributed by atoms with Gasteiger partial charge in [-0.05, 0) is 30.7 Å². The molecule has 0 saturated carbocycles. The van der Waals surface area contributed by atoms with Crippen LogP contribution in [-0.4, -0.2) is 29.2 Å². The number of pyridine rings is 1. The predicted molar refractivity (Wildman–Crippen MR) is 78.0 cm³/mol. The Labute approximate surface area is 129 Å². The van der Waals surface area contributed by atoms with E-state index in [1.165, 1.54) is 17.2 Å². The van der Waals surface area contributed by atoms with Gasteiger partial charge in [-0.25, -0.2) is 18.2 Å². The van der Waals surface area contributed by atoms with Crippen LogP contribution in [0.5, 0.6) is 0 Å². The number of anilines is 1. The summed E-state index contributed by atoms with van der Waals surface area (Å²) in [5, 5.41) is 11.5. The number of nitro groups is 1. The van der Waals surface area contributed by atoms with E-state index in [9.17, 15) is 23.3 Å². The normalized spacial score (nSPS) is 17.5. The minimum atomic E-state index is -1.09. The van der Waals surface area contributed by atoms with Gasteiger partial charge in [-0.1, -0.05) is 0 Å². The number of rotatable bonds is 3. The molecule has 2 heterocycles. The van der Waals surface area contributed by atoms with Crippen molar-refractivity contribution in [1.82, 2.24) is 4.98 Å². The fraction of sp³-hybridized carbons (Fsp3) is 0.267. The molecule has 0 radical (unpaired) electrons. The molecule has 0 aliphatic carbocycles. The number of alkyl halides is 1. The molecule has 1 atom stereocenters. The summed E-state index contributed by atoms with van der Waals surface area (Å²) >= 11 is 0. The first-order valence-corrected chi connectivity index (χ1v) is 6.95. The Bertz CT molecular complexity index is 770. The molecule has 1 aliphatic rings. The van der Waals surface area contributed by atoms with Crippen LogP contribution in [0, 0.1) is 21.7 Å². The summed E-state index contributed by atoms with van der Waals surface area (Å²) in [7, 11) is 0. The van der Waals surface area contributed by atoms with Crippen LogP contribution in [0.1, 0.15) is 6.42 Å². The van der Waals surface area contributed by atoms with Crippen LogP contribution in [-0.2, 0) is 0 Å². The third-order valence-corrected chi connectivity index (χ3v) is 3.74. The van der Waals surface area contributed by atoms with Crippen molar-refractivity contribution in [1.29, 1.82) is 0 Å². The van der Waals surface area contributed by atoms with Crippen molar-refractivity contribution in [2.24, 2.45) is 0 Å². The molecule has 1 fully saturated rings. The molecule has 8 heteroatoms. The first kappa shape index (κ1) is 15.3. The largest absolute Gasteiger partial charge is 0.348 e. The molecule has 1 aromatic heterocycles. The molecular formula is C15H12F3N3O2. The highest BCUT2D eigenvalue weighted by Crippen LogP contribution is 2.39. The van der Waals surface area contributed by atoms with Crippen molar-refractivity contribution >= 4 is 11.5 Å². The smallest absolute Gasteiger partial charge is 0.319 e. The third kappa shape index (κ3) is 2.84. The lowest BCUT2D eigenvalue weighted by atomic mass is 10.0. The standard InChI is InChI=1S/C15H12F3N3O2/c16-9-1-2-13(18)12(7-9)11-3-5-19-15(14(11)21(22)23)20-6-4-10(17)8-20/h1-3,5,7,10H,4,6,8H2/t10-/m0/s1. The summed E-state index contributed by atoms with van der Waals surface area (Å²) in [5.41, 5.74) is -0.762. The van der Waals surface area contributed by atoms with E-state index in [4.69, 9.17) is 0 Å². The average molecular weight is 323 g/mol. The molecular weight excluding hydrogens is 311 g/mol. The zero-order chi connectivity index (χ0) is 16.6. The zero-order valence-corrected chi connectivity index (χ0v) is 11.9. The lowest BCUT2D eigenvalue weighted by molar-refractivity contribution is -0.383. The summed E-state index contributed by atoms with van der Waals surface area (Å²) in [4.78, 5) is 16.2. The predicted octanol–water partition coefficient (Wildman–Crippen LogP) is 3.48. The lowest BCUT2D eigenvalue weighted by Crippen LogP contribution is -2.22. The third-order valence-electron chi connectivity index (χ3n) is 3.74. The van der Waals surface area contributed by atoms with Crippen LogP contribution < -0.4 is 4.90 Å². The van der Waals surface area contributed by atoms with Crippen LogP contribution in [0.25, 0.3) is 11.1 Å². The summed E-state index contributed by atoms with van der Waals surface area (Å²) in [6.45, 7) is 0.271. The van der Waals surface area contributed by atoms with Gasteiger partial charge in [0.2, 0.25) is 5.82 Å². The van der Waals surface area contributed by atoms with Gasteiger partial charge in [-0.15, -0.1) is 0 Å². The Morgan fingerprint density at radius 3 is 2.70 bits per heavy atom. The van der Waals surface area contributed by atoms with Crippen molar-refractivity contribution in [3.05, 3.63) is 52.2 Å². The number of halogens is 3. The van der Waals surface area contributed by atoms with Gasteiger partial charge >= 0.3 is 5.69 Å². The number of nitrogens with zero attached hydrogens (tertiary/aromatic N) is 3. The first-order valence-electron chi connectivity index (χ1n) is 6.95. The van der Waals surface area contributed by atoms with Crippen LogP contribution in [0.4, 0.5) is 24.7 Å². The molecule has 0 unspecified atom stereocenters. The minimum Gasteiger partial charge on any atom is -0.348 e. The Balaban J connectivity index is 2.18. The van der Waals surface area contributed by atoms with Crippen molar-refractivity contribution in [3.63, 3.8) is 0 Å². The van der Waals surface area contributed by atoms with Crippen molar-refractivity contribution in [2.75, 3.05) is 18.0 Å². The maximum atomic E-state index is 14.0. The van der Waals surface area contributed by atoms with E-state index >= 15 is 0 Å². The summed E-state index contributed by atoms with van der Waals surface area (Å²) in [6.07, 6.45) is 0.427. The van der Waals surface area contributed by atoms with Gasteiger partial charge in [0.05, 0.1) is 17.0 Å². The van der Waals surface area contributed by atoms with Gasteiger partial charge < -0.3 is 4.90 Å². The van der Waals surface area contributed by atoms with E-state index < -0.39 is 28.4 Å². The van der Waals surface area contributed by atoms with E-state index in [0.29, 0.717) is 0 Å². The molecule has 0 N–H and O–H groups in total. The highest BCUT2D eigenvalue weighted by molar-refractivity contribution is 5.80. The van der Waals surface area contributed by atoms with Gasteiger partial charge in [0, 0.05) is 18.3 Å². The number of hydrogen-bond donors (Lipinski definition) is 0. The Hall–Kier alpha value is -2.64. The summed E-state index contributed by atoms with van der Waals surface area (Å²) in [5.74, 6) is -1.52. The SMILES string of the molecule is O=[N+]([O-])c1c(-c2cc(F)ccc2F)ccnc1N1CC[C@H](F)C1. The Morgan fingerprint density at radius 1 is 1.26 bits per heavy atom. The second kappa shape index (κ2) is 5.86. The van der Waals surface area contributed by atoms with E-state index in [1.807, 2.05) is 0 Å². The quantitative estimate of drug-likeness (QED) is 0.641. The van der Waals surface area contributed by atoms with E-state index in [2.05, 4.69) is 4.98 Å². The fourth-order valence-electron chi connectivity index (χ4n) is 2.69. The topological polar surface area (TPSA) is 59.3 Å². The Kier molecular flexibility index (Phi) is 3.89. The second-order valence-electron chi connectivity index (χ2n) is 5.24. The zero-order valence-electron chi connectivity index (χ0n) is 11.9. The summed E-state index contributed by atoms with van der Waals surface area (Å²) < 4.78 is 40.8. The molecule has 2 aromatic rings. The summed E-state index contributed by atoms with van der Waals surface area (Å²) in [6, 6.07) is 3.98. The molecule has 120 valence electrons. The molecule has 1 aliphatic heterocycles. The molecule has 1 saturated heterocycles. The van der Waals surface area contributed by atoms with Crippen molar-refractivity contribution < 1.29 is 18.1 Å². The maximum Gasteiger partial charge on any atom is 0.319 e. The molecule has 3 rings (SSSR count). The average Bonchev–Trinajstić information content (AvgIpc) is 2.95. The Morgan fingerprint density at radius 2 is 2.04 bits per heavy atom. The molecule has 0 spiro atoms. The molecule has 0 bridgehead atoms.